The normalized spacial score (nSPS) is 19.9. The molecule has 2 saturated heterocycles. The minimum absolute atomic E-state index is 0.447. The van der Waals surface area contributed by atoms with E-state index in [0.717, 1.165) is 36.5 Å². The molecule has 5 rings (SSSR count). The molecule has 4 heterocycles. The first kappa shape index (κ1) is 18.6. The summed E-state index contributed by atoms with van der Waals surface area (Å²) in [6.07, 6.45) is 7.05. The van der Waals surface area contributed by atoms with Crippen molar-refractivity contribution in [3.8, 4) is 0 Å². The minimum atomic E-state index is 0.447. The highest BCUT2D eigenvalue weighted by Gasteiger charge is 2.38. The van der Waals surface area contributed by atoms with Gasteiger partial charge in [0, 0.05) is 38.9 Å². The summed E-state index contributed by atoms with van der Waals surface area (Å²) in [5, 5.41) is 4.67. The fourth-order valence-electron chi connectivity index (χ4n) is 5.10. The van der Waals surface area contributed by atoms with E-state index in [2.05, 4.69) is 38.9 Å². The predicted octanol–water partition coefficient (Wildman–Crippen LogP) is 3.55. The number of benzene rings is 1. The van der Waals surface area contributed by atoms with Crippen molar-refractivity contribution >= 4 is 16.9 Å². The van der Waals surface area contributed by atoms with Crippen molar-refractivity contribution in [1.82, 2.24) is 24.6 Å². The lowest BCUT2D eigenvalue weighted by Crippen LogP contribution is -2.49. The first-order valence-electron chi connectivity index (χ1n) is 10.8. The smallest absolute Gasteiger partial charge is 0.147 e. The lowest BCUT2D eigenvalue weighted by atomic mass is 9.72. The van der Waals surface area contributed by atoms with Crippen LogP contribution in [-0.4, -0.2) is 50.8 Å². The second-order valence-electron chi connectivity index (χ2n) is 8.92. The van der Waals surface area contributed by atoms with E-state index in [-0.39, 0.29) is 0 Å². The Labute approximate surface area is 172 Å². The van der Waals surface area contributed by atoms with Crippen molar-refractivity contribution in [1.29, 1.82) is 0 Å². The van der Waals surface area contributed by atoms with Gasteiger partial charge in [-0.25, -0.2) is 4.98 Å². The lowest BCUT2D eigenvalue weighted by Gasteiger charge is -2.47. The van der Waals surface area contributed by atoms with Gasteiger partial charge in [0.1, 0.15) is 5.82 Å². The van der Waals surface area contributed by atoms with Gasteiger partial charge in [0.05, 0.1) is 22.9 Å². The van der Waals surface area contributed by atoms with Gasteiger partial charge in [-0.3, -0.25) is 14.6 Å². The van der Waals surface area contributed by atoms with Gasteiger partial charge in [-0.05, 0) is 62.8 Å². The Morgan fingerprint density at radius 3 is 2.59 bits per heavy atom. The maximum atomic E-state index is 4.86. The van der Waals surface area contributed by atoms with Gasteiger partial charge in [-0.15, -0.1) is 0 Å². The molecule has 0 atom stereocenters. The molecule has 6 heteroatoms. The first-order chi connectivity index (χ1) is 14.1. The highest BCUT2D eigenvalue weighted by Crippen LogP contribution is 2.41. The van der Waals surface area contributed by atoms with E-state index in [1.54, 1.807) is 0 Å². The van der Waals surface area contributed by atoms with Gasteiger partial charge in [-0.1, -0.05) is 12.1 Å². The molecule has 2 aliphatic heterocycles. The molecule has 1 aromatic carbocycles. The van der Waals surface area contributed by atoms with Gasteiger partial charge in [0.25, 0.3) is 0 Å². The number of anilines is 1. The predicted molar refractivity (Wildman–Crippen MR) is 116 cm³/mol. The van der Waals surface area contributed by atoms with Crippen molar-refractivity contribution in [2.75, 3.05) is 31.1 Å². The van der Waals surface area contributed by atoms with Crippen LogP contribution in [0.1, 0.15) is 37.1 Å². The maximum absolute atomic E-state index is 4.86. The van der Waals surface area contributed by atoms with Crippen LogP contribution in [0.2, 0.25) is 0 Å². The van der Waals surface area contributed by atoms with Crippen LogP contribution < -0.4 is 4.90 Å². The number of rotatable bonds is 3. The Morgan fingerprint density at radius 1 is 1.03 bits per heavy atom. The second-order valence-corrected chi connectivity index (χ2v) is 8.92. The van der Waals surface area contributed by atoms with Gasteiger partial charge in [0.15, 0.2) is 0 Å². The molecule has 29 heavy (non-hydrogen) atoms. The lowest BCUT2D eigenvalue weighted by molar-refractivity contribution is 0.0596. The van der Waals surface area contributed by atoms with Crippen LogP contribution >= 0.6 is 0 Å². The van der Waals surface area contributed by atoms with Crippen LogP contribution in [-0.2, 0) is 13.6 Å². The van der Waals surface area contributed by atoms with Crippen LogP contribution in [0.5, 0.6) is 0 Å². The summed E-state index contributed by atoms with van der Waals surface area (Å²) < 4.78 is 1.98. The third-order valence-corrected chi connectivity index (χ3v) is 6.87. The quantitative estimate of drug-likeness (QED) is 0.684. The van der Waals surface area contributed by atoms with E-state index in [9.17, 15) is 0 Å². The van der Waals surface area contributed by atoms with Gasteiger partial charge < -0.3 is 4.90 Å². The fourth-order valence-corrected chi connectivity index (χ4v) is 5.10. The molecule has 2 aromatic heterocycles. The largest absolute Gasteiger partial charge is 0.355 e. The highest BCUT2D eigenvalue weighted by molar-refractivity contribution is 5.75. The average Bonchev–Trinajstić information content (AvgIpc) is 3.05. The number of para-hydroxylation sites is 2. The van der Waals surface area contributed by atoms with Crippen LogP contribution in [0.3, 0.4) is 0 Å². The van der Waals surface area contributed by atoms with Crippen LogP contribution in [0.25, 0.3) is 11.0 Å². The van der Waals surface area contributed by atoms with E-state index in [1.807, 2.05) is 36.1 Å². The number of fused-ring (bicyclic) bond motifs is 1. The van der Waals surface area contributed by atoms with Gasteiger partial charge in [0.2, 0.25) is 0 Å². The summed E-state index contributed by atoms with van der Waals surface area (Å²) in [6, 6.07) is 10.4. The molecule has 0 bridgehead atoms. The molecule has 0 unspecified atom stereocenters. The number of aromatic nitrogens is 4. The molecule has 2 fully saturated rings. The molecule has 3 aromatic rings. The number of likely N-dealkylation sites (tertiary alicyclic amines) is 1. The fraction of sp³-hybridized carbons (Fsp3) is 0.522. The Hall–Kier alpha value is -2.47. The summed E-state index contributed by atoms with van der Waals surface area (Å²) >= 11 is 0. The summed E-state index contributed by atoms with van der Waals surface area (Å²) in [5.74, 6) is 1.02. The van der Waals surface area contributed by atoms with Crippen LogP contribution in [0, 0.1) is 12.3 Å². The molecular formula is C23H30N6. The SMILES string of the molecule is Cc1cc(CN2CCCC3(CCN(c4cnc5ccccc5n4)CC3)C2)nn1C. The van der Waals surface area contributed by atoms with Crippen LogP contribution in [0.4, 0.5) is 5.82 Å². The molecule has 6 nitrogen and oxygen atoms in total. The summed E-state index contributed by atoms with van der Waals surface area (Å²) in [7, 11) is 2.03. The maximum Gasteiger partial charge on any atom is 0.147 e. The van der Waals surface area contributed by atoms with Gasteiger partial charge in [-0.2, -0.15) is 5.10 Å². The molecule has 2 aliphatic rings. The third kappa shape index (κ3) is 3.73. The standard InChI is InChI=1S/C23H30N6/c1-18-14-19(26-27(18)2)16-28-11-5-8-23(17-28)9-12-29(13-10-23)22-15-24-20-6-3-4-7-21(20)25-22/h3-4,6-7,14-15H,5,8-13,16-17H2,1-2H3. The summed E-state index contributed by atoms with van der Waals surface area (Å²) in [5.41, 5.74) is 4.84. The zero-order valence-electron chi connectivity index (χ0n) is 17.5. The number of piperidine rings is 2. The van der Waals surface area contributed by atoms with Crippen molar-refractivity contribution in [3.63, 3.8) is 0 Å². The molecule has 0 radical (unpaired) electrons. The molecule has 0 amide bonds. The number of nitrogens with zero attached hydrogens (tertiary/aromatic N) is 6. The summed E-state index contributed by atoms with van der Waals surface area (Å²) in [6.45, 7) is 7.63. The second kappa shape index (κ2) is 7.41. The Bertz CT molecular complexity index is 982. The third-order valence-electron chi connectivity index (χ3n) is 6.87. The topological polar surface area (TPSA) is 50.1 Å². The van der Waals surface area contributed by atoms with Gasteiger partial charge >= 0.3 is 0 Å². The van der Waals surface area contributed by atoms with E-state index in [1.165, 1.54) is 50.2 Å². The monoisotopic (exact) mass is 390 g/mol. The number of aryl methyl sites for hydroxylation is 2. The molecule has 1 spiro atoms. The van der Waals surface area contributed by atoms with Crippen molar-refractivity contribution < 1.29 is 0 Å². The molecule has 0 aliphatic carbocycles. The first-order valence-corrected chi connectivity index (χ1v) is 10.8. The minimum Gasteiger partial charge on any atom is -0.355 e. The Balaban J connectivity index is 1.24. The van der Waals surface area contributed by atoms with E-state index < -0.39 is 0 Å². The zero-order chi connectivity index (χ0) is 19.8. The molecule has 0 N–H and O–H groups in total. The average molecular weight is 391 g/mol. The number of hydrogen-bond donors (Lipinski definition) is 0. The Morgan fingerprint density at radius 2 is 1.83 bits per heavy atom. The van der Waals surface area contributed by atoms with Crippen molar-refractivity contribution in [2.24, 2.45) is 12.5 Å². The zero-order valence-corrected chi connectivity index (χ0v) is 17.5. The number of hydrogen-bond acceptors (Lipinski definition) is 5. The highest BCUT2D eigenvalue weighted by atomic mass is 15.3. The Kier molecular flexibility index (Phi) is 4.74. The summed E-state index contributed by atoms with van der Waals surface area (Å²) in [4.78, 5) is 14.5. The van der Waals surface area contributed by atoms with E-state index >= 15 is 0 Å². The van der Waals surface area contributed by atoms with Crippen molar-refractivity contribution in [2.45, 2.75) is 39.2 Å². The van der Waals surface area contributed by atoms with Crippen LogP contribution in [0.15, 0.2) is 36.5 Å². The van der Waals surface area contributed by atoms with E-state index in [0.29, 0.717) is 5.41 Å². The molecule has 152 valence electrons. The molecular weight excluding hydrogens is 360 g/mol. The van der Waals surface area contributed by atoms with E-state index in [4.69, 9.17) is 4.98 Å². The molecule has 0 saturated carbocycles. The van der Waals surface area contributed by atoms with Crippen molar-refractivity contribution in [3.05, 3.63) is 47.9 Å².